The van der Waals surface area contributed by atoms with Gasteiger partial charge < -0.3 is 15.4 Å². The van der Waals surface area contributed by atoms with Gasteiger partial charge in [-0.1, -0.05) is 19.3 Å². The molecule has 1 aliphatic carbocycles. The van der Waals surface area contributed by atoms with Gasteiger partial charge in [0.25, 0.3) is 0 Å². The first-order valence-electron chi connectivity index (χ1n) is 5.41. The van der Waals surface area contributed by atoms with E-state index >= 15 is 0 Å². The molecule has 0 aliphatic heterocycles. The zero-order valence-corrected chi connectivity index (χ0v) is 8.84. The third kappa shape index (κ3) is 4.46. The van der Waals surface area contributed by atoms with Crippen molar-refractivity contribution in [3.63, 3.8) is 0 Å². The molecule has 1 amide bonds. The largest absolute Gasteiger partial charge is 0.448 e. The third-order valence-corrected chi connectivity index (χ3v) is 2.51. The summed E-state index contributed by atoms with van der Waals surface area (Å²) < 4.78 is 4.97. The van der Waals surface area contributed by atoms with Crippen LogP contribution in [0.4, 0.5) is 4.79 Å². The van der Waals surface area contributed by atoms with Crippen LogP contribution in [0.3, 0.4) is 0 Å². The lowest BCUT2D eigenvalue weighted by Crippen LogP contribution is -2.37. The number of rotatable bonds is 4. The predicted octanol–water partition coefficient (Wildman–Crippen LogP) is 1.26. The topological polar surface area (TPSA) is 50.4 Å². The molecule has 0 aromatic rings. The van der Waals surface area contributed by atoms with Gasteiger partial charge in [-0.25, -0.2) is 4.79 Å². The van der Waals surface area contributed by atoms with Gasteiger partial charge in [-0.15, -0.1) is 0 Å². The van der Waals surface area contributed by atoms with Crippen molar-refractivity contribution in [2.75, 3.05) is 20.2 Å². The molecular weight excluding hydrogens is 180 g/mol. The van der Waals surface area contributed by atoms with Crippen LogP contribution >= 0.6 is 0 Å². The molecule has 2 N–H and O–H groups in total. The van der Waals surface area contributed by atoms with Gasteiger partial charge in [0, 0.05) is 12.6 Å². The van der Waals surface area contributed by atoms with E-state index in [1.165, 1.54) is 19.3 Å². The maximum Gasteiger partial charge on any atom is 0.407 e. The van der Waals surface area contributed by atoms with E-state index in [2.05, 4.69) is 10.6 Å². The first-order chi connectivity index (χ1) is 6.83. The van der Waals surface area contributed by atoms with E-state index in [0.717, 1.165) is 12.8 Å². The molecule has 1 rings (SSSR count). The van der Waals surface area contributed by atoms with Crippen LogP contribution in [0.25, 0.3) is 0 Å². The predicted molar refractivity (Wildman–Crippen MR) is 55.3 cm³/mol. The Morgan fingerprint density at radius 1 is 1.36 bits per heavy atom. The average Bonchev–Trinajstić information content (AvgIpc) is 2.20. The van der Waals surface area contributed by atoms with E-state index in [4.69, 9.17) is 4.74 Å². The molecule has 0 saturated heterocycles. The zero-order chi connectivity index (χ0) is 10.2. The molecule has 14 heavy (non-hydrogen) atoms. The number of hydrogen-bond donors (Lipinski definition) is 2. The highest BCUT2D eigenvalue weighted by Crippen LogP contribution is 2.17. The SMILES string of the molecule is CNCCOC(=O)NC1CCCCC1. The van der Waals surface area contributed by atoms with Crippen molar-refractivity contribution in [1.29, 1.82) is 0 Å². The number of carbonyl (C=O) groups is 1. The molecule has 0 unspecified atom stereocenters. The Morgan fingerprint density at radius 3 is 2.71 bits per heavy atom. The Balaban J connectivity index is 2.06. The number of hydrogen-bond acceptors (Lipinski definition) is 3. The average molecular weight is 200 g/mol. The zero-order valence-electron chi connectivity index (χ0n) is 8.84. The maximum absolute atomic E-state index is 11.2. The lowest BCUT2D eigenvalue weighted by atomic mass is 9.96. The molecule has 0 radical (unpaired) electrons. The monoisotopic (exact) mass is 200 g/mol. The van der Waals surface area contributed by atoms with Crippen molar-refractivity contribution >= 4 is 6.09 Å². The molecule has 82 valence electrons. The summed E-state index contributed by atoms with van der Waals surface area (Å²) in [7, 11) is 1.84. The van der Waals surface area contributed by atoms with Gasteiger partial charge in [-0.2, -0.15) is 0 Å². The molecule has 1 saturated carbocycles. The van der Waals surface area contributed by atoms with Crippen molar-refractivity contribution in [3.8, 4) is 0 Å². The van der Waals surface area contributed by atoms with Gasteiger partial charge in [-0.05, 0) is 19.9 Å². The molecule has 0 aromatic carbocycles. The van der Waals surface area contributed by atoms with Gasteiger partial charge in [0.2, 0.25) is 0 Å². The molecule has 4 heteroatoms. The van der Waals surface area contributed by atoms with Gasteiger partial charge in [-0.3, -0.25) is 0 Å². The Morgan fingerprint density at radius 2 is 2.07 bits per heavy atom. The fraction of sp³-hybridized carbons (Fsp3) is 0.900. The molecule has 0 spiro atoms. The summed E-state index contributed by atoms with van der Waals surface area (Å²) in [6.45, 7) is 1.15. The van der Waals surface area contributed by atoms with Gasteiger partial charge >= 0.3 is 6.09 Å². The standard InChI is InChI=1S/C10H20N2O2/c1-11-7-8-14-10(13)12-9-5-3-2-4-6-9/h9,11H,2-8H2,1H3,(H,12,13). The highest BCUT2D eigenvalue weighted by molar-refractivity contribution is 5.67. The molecule has 1 aliphatic rings. The Bertz CT molecular complexity index is 168. The van der Waals surface area contributed by atoms with Crippen molar-refractivity contribution in [3.05, 3.63) is 0 Å². The number of alkyl carbamates (subject to hydrolysis) is 1. The Labute approximate surface area is 85.4 Å². The van der Waals surface area contributed by atoms with E-state index in [9.17, 15) is 4.79 Å². The number of likely N-dealkylation sites (N-methyl/N-ethyl adjacent to an activating group) is 1. The minimum atomic E-state index is -0.271. The molecule has 4 nitrogen and oxygen atoms in total. The smallest absolute Gasteiger partial charge is 0.407 e. The molecule has 0 aromatic heterocycles. The molecule has 0 heterocycles. The summed E-state index contributed by atoms with van der Waals surface area (Å²) in [5.41, 5.74) is 0. The number of ether oxygens (including phenoxy) is 1. The number of carbonyl (C=O) groups excluding carboxylic acids is 1. The van der Waals surface area contributed by atoms with E-state index in [1.54, 1.807) is 0 Å². The normalized spacial score (nSPS) is 17.8. The number of amides is 1. The van der Waals surface area contributed by atoms with Crippen LogP contribution in [0.1, 0.15) is 32.1 Å². The van der Waals surface area contributed by atoms with Crippen LogP contribution in [-0.2, 0) is 4.74 Å². The second-order valence-corrected chi connectivity index (χ2v) is 3.72. The van der Waals surface area contributed by atoms with E-state index in [0.29, 0.717) is 19.2 Å². The first kappa shape index (κ1) is 11.3. The Hall–Kier alpha value is -0.770. The maximum atomic E-state index is 11.2. The fourth-order valence-corrected chi connectivity index (χ4v) is 1.70. The highest BCUT2D eigenvalue weighted by Gasteiger charge is 2.15. The second-order valence-electron chi connectivity index (χ2n) is 3.72. The first-order valence-corrected chi connectivity index (χ1v) is 5.41. The minimum Gasteiger partial charge on any atom is -0.448 e. The quantitative estimate of drug-likeness (QED) is 0.672. The van der Waals surface area contributed by atoms with Crippen LogP contribution in [-0.4, -0.2) is 32.3 Å². The van der Waals surface area contributed by atoms with Gasteiger partial charge in [0.05, 0.1) is 0 Å². The second kappa shape index (κ2) is 6.65. The molecule has 0 bridgehead atoms. The van der Waals surface area contributed by atoms with Gasteiger partial charge in [0.1, 0.15) is 6.61 Å². The summed E-state index contributed by atoms with van der Waals surface area (Å²) in [4.78, 5) is 11.2. The van der Waals surface area contributed by atoms with E-state index < -0.39 is 0 Å². The third-order valence-electron chi connectivity index (χ3n) is 2.51. The highest BCUT2D eigenvalue weighted by atomic mass is 16.5. The molecule has 0 atom stereocenters. The summed E-state index contributed by atoms with van der Waals surface area (Å²) in [5, 5.41) is 5.81. The lowest BCUT2D eigenvalue weighted by molar-refractivity contribution is 0.140. The summed E-state index contributed by atoms with van der Waals surface area (Å²) in [6, 6.07) is 0.339. The van der Waals surface area contributed by atoms with Crippen LogP contribution in [0, 0.1) is 0 Å². The van der Waals surface area contributed by atoms with E-state index in [1.807, 2.05) is 7.05 Å². The molecule has 1 fully saturated rings. The summed E-state index contributed by atoms with van der Waals surface area (Å²) >= 11 is 0. The van der Waals surface area contributed by atoms with E-state index in [-0.39, 0.29) is 6.09 Å². The minimum absolute atomic E-state index is 0.271. The van der Waals surface area contributed by atoms with Crippen LogP contribution in [0.5, 0.6) is 0 Å². The van der Waals surface area contributed by atoms with Crippen LogP contribution < -0.4 is 10.6 Å². The van der Waals surface area contributed by atoms with Crippen molar-refractivity contribution in [1.82, 2.24) is 10.6 Å². The van der Waals surface area contributed by atoms with Crippen molar-refractivity contribution in [2.24, 2.45) is 0 Å². The lowest BCUT2D eigenvalue weighted by Gasteiger charge is -2.22. The summed E-state index contributed by atoms with van der Waals surface area (Å²) in [6.07, 6.45) is 5.67. The van der Waals surface area contributed by atoms with Crippen LogP contribution in [0.2, 0.25) is 0 Å². The van der Waals surface area contributed by atoms with Crippen molar-refractivity contribution in [2.45, 2.75) is 38.1 Å². The molecular formula is C10H20N2O2. The fourth-order valence-electron chi connectivity index (χ4n) is 1.70. The van der Waals surface area contributed by atoms with Crippen molar-refractivity contribution < 1.29 is 9.53 Å². The Kier molecular flexibility index (Phi) is 5.37. The summed E-state index contributed by atoms with van der Waals surface area (Å²) in [5.74, 6) is 0. The van der Waals surface area contributed by atoms with Crippen LogP contribution in [0.15, 0.2) is 0 Å². The number of nitrogens with one attached hydrogen (secondary N) is 2. The van der Waals surface area contributed by atoms with Gasteiger partial charge in [0.15, 0.2) is 0 Å².